The SMILES string of the molecule is Cc1ccccc1CNC(=O)C1N(C(=O)C(O)C(Cc2ccccc2)NC(=O)Nc2cccc(Br)c2)CSC1(C)C. The summed E-state index contributed by atoms with van der Waals surface area (Å²) in [4.78, 5) is 41.6. The summed E-state index contributed by atoms with van der Waals surface area (Å²) in [5.74, 6) is -0.653. The van der Waals surface area contributed by atoms with Crippen molar-refractivity contribution in [2.24, 2.45) is 0 Å². The predicted octanol–water partition coefficient (Wildman–Crippen LogP) is 4.85. The highest BCUT2D eigenvalue weighted by atomic mass is 79.9. The Balaban J connectivity index is 1.51. The fraction of sp³-hybridized carbons (Fsp3) is 0.323. The zero-order valence-electron chi connectivity index (χ0n) is 23.3. The number of amides is 4. The average Bonchev–Trinajstić information content (AvgIpc) is 3.26. The summed E-state index contributed by atoms with van der Waals surface area (Å²) < 4.78 is 0.221. The second kappa shape index (κ2) is 13.5. The van der Waals surface area contributed by atoms with E-state index in [9.17, 15) is 19.5 Å². The molecule has 0 spiro atoms. The van der Waals surface area contributed by atoms with Gasteiger partial charge in [0.25, 0.3) is 5.91 Å². The Morgan fingerprint density at radius 3 is 2.46 bits per heavy atom. The molecule has 8 nitrogen and oxygen atoms in total. The molecule has 0 radical (unpaired) electrons. The van der Waals surface area contributed by atoms with Crippen LogP contribution in [0.4, 0.5) is 10.5 Å². The van der Waals surface area contributed by atoms with Crippen molar-refractivity contribution in [3.8, 4) is 0 Å². The van der Waals surface area contributed by atoms with Crippen LogP contribution in [-0.2, 0) is 22.6 Å². The molecule has 4 amide bonds. The first kappa shape index (κ1) is 30.6. The zero-order chi connectivity index (χ0) is 29.6. The predicted molar refractivity (Wildman–Crippen MR) is 166 cm³/mol. The lowest BCUT2D eigenvalue weighted by atomic mass is 9.97. The van der Waals surface area contributed by atoms with Gasteiger partial charge in [-0.1, -0.05) is 76.6 Å². The zero-order valence-corrected chi connectivity index (χ0v) is 25.7. The lowest BCUT2D eigenvalue weighted by Gasteiger charge is -2.33. The van der Waals surface area contributed by atoms with Crippen LogP contribution in [0.15, 0.2) is 83.3 Å². The molecule has 1 saturated heterocycles. The minimum absolute atomic E-state index is 0.216. The first-order valence-electron chi connectivity index (χ1n) is 13.4. The second-order valence-corrected chi connectivity index (χ2v) is 13.1. The molecule has 1 aliphatic heterocycles. The number of rotatable bonds is 9. The van der Waals surface area contributed by atoms with Gasteiger partial charge in [0, 0.05) is 21.5 Å². The lowest BCUT2D eigenvalue weighted by Crippen LogP contribution is -2.59. The number of carbonyl (C=O) groups excluding carboxylic acids is 3. The van der Waals surface area contributed by atoms with Gasteiger partial charge in [-0.25, -0.2) is 4.79 Å². The maximum absolute atomic E-state index is 13.8. The third-order valence-electron chi connectivity index (χ3n) is 7.12. The number of nitrogens with zero attached hydrogens (tertiary/aromatic N) is 1. The molecule has 216 valence electrons. The number of carbonyl (C=O) groups is 3. The number of aryl methyl sites for hydroxylation is 1. The lowest BCUT2D eigenvalue weighted by molar-refractivity contribution is -0.147. The maximum atomic E-state index is 13.8. The van der Waals surface area contributed by atoms with Crippen LogP contribution in [0.1, 0.15) is 30.5 Å². The van der Waals surface area contributed by atoms with Crippen molar-refractivity contribution < 1.29 is 19.5 Å². The maximum Gasteiger partial charge on any atom is 0.319 e. The standard InChI is InChI=1S/C31H35BrN4O4S/c1-20-10-7-8-13-22(20)18-33-28(38)27-31(2,3)41-19-36(27)29(39)26(37)25(16-21-11-5-4-6-12-21)35-30(40)34-24-15-9-14-23(32)17-24/h4-15,17,25-27,37H,16,18-19H2,1-3H3,(H,33,38)(H2,34,35,40). The van der Waals surface area contributed by atoms with E-state index in [-0.39, 0.29) is 18.2 Å². The van der Waals surface area contributed by atoms with Gasteiger partial charge in [0.2, 0.25) is 5.91 Å². The molecule has 0 bridgehead atoms. The fourth-order valence-corrected chi connectivity index (χ4v) is 6.39. The summed E-state index contributed by atoms with van der Waals surface area (Å²) in [6, 6.07) is 21.9. The molecule has 0 aliphatic carbocycles. The van der Waals surface area contributed by atoms with E-state index in [0.717, 1.165) is 21.2 Å². The number of aliphatic hydroxyl groups is 1. The minimum Gasteiger partial charge on any atom is -0.381 e. The van der Waals surface area contributed by atoms with E-state index in [0.29, 0.717) is 12.2 Å². The third kappa shape index (κ3) is 7.90. The van der Waals surface area contributed by atoms with E-state index in [4.69, 9.17) is 0 Å². The van der Waals surface area contributed by atoms with Crippen LogP contribution in [-0.4, -0.2) is 56.7 Å². The van der Waals surface area contributed by atoms with Gasteiger partial charge in [0.15, 0.2) is 6.10 Å². The van der Waals surface area contributed by atoms with Crippen molar-refractivity contribution in [3.63, 3.8) is 0 Å². The highest BCUT2D eigenvalue weighted by Gasteiger charge is 2.49. The van der Waals surface area contributed by atoms with Crippen molar-refractivity contribution in [2.45, 2.75) is 56.7 Å². The number of thioether (sulfide) groups is 1. The number of urea groups is 1. The van der Waals surface area contributed by atoms with Crippen LogP contribution in [0.25, 0.3) is 0 Å². The van der Waals surface area contributed by atoms with Gasteiger partial charge in [-0.05, 0) is 62.1 Å². The number of halogens is 1. The minimum atomic E-state index is -1.58. The molecule has 3 unspecified atom stereocenters. The highest BCUT2D eigenvalue weighted by Crippen LogP contribution is 2.40. The Bertz CT molecular complexity index is 1390. The quantitative estimate of drug-likeness (QED) is 0.268. The molecule has 10 heteroatoms. The molecule has 1 aliphatic rings. The van der Waals surface area contributed by atoms with E-state index in [1.54, 1.807) is 18.2 Å². The van der Waals surface area contributed by atoms with Crippen molar-refractivity contribution in [2.75, 3.05) is 11.2 Å². The third-order valence-corrected chi connectivity index (χ3v) is 8.99. The number of nitrogens with one attached hydrogen (secondary N) is 3. The van der Waals surface area contributed by atoms with Crippen LogP contribution >= 0.6 is 27.7 Å². The van der Waals surface area contributed by atoms with Gasteiger partial charge in [0.05, 0.1) is 11.9 Å². The summed E-state index contributed by atoms with van der Waals surface area (Å²) in [7, 11) is 0. The van der Waals surface area contributed by atoms with Gasteiger partial charge in [-0.3, -0.25) is 9.59 Å². The molecule has 1 fully saturated rings. The van der Waals surface area contributed by atoms with Crippen LogP contribution in [0.5, 0.6) is 0 Å². The van der Waals surface area contributed by atoms with E-state index < -0.39 is 34.9 Å². The second-order valence-electron chi connectivity index (χ2n) is 10.6. The number of hydrogen-bond donors (Lipinski definition) is 4. The molecule has 3 aromatic carbocycles. The summed E-state index contributed by atoms with van der Waals surface area (Å²) in [5, 5.41) is 19.9. The van der Waals surface area contributed by atoms with Crippen molar-refractivity contribution in [1.29, 1.82) is 0 Å². The van der Waals surface area contributed by atoms with E-state index in [1.165, 1.54) is 16.7 Å². The van der Waals surface area contributed by atoms with E-state index >= 15 is 0 Å². The molecule has 0 aromatic heterocycles. The monoisotopic (exact) mass is 638 g/mol. The number of hydrogen-bond acceptors (Lipinski definition) is 5. The largest absolute Gasteiger partial charge is 0.381 e. The summed E-state index contributed by atoms with van der Waals surface area (Å²) in [6.45, 7) is 6.15. The van der Waals surface area contributed by atoms with Gasteiger partial charge in [0.1, 0.15) is 6.04 Å². The Hall–Kier alpha value is -3.34. The average molecular weight is 640 g/mol. The van der Waals surface area contributed by atoms with Gasteiger partial charge < -0.3 is 26.0 Å². The summed E-state index contributed by atoms with van der Waals surface area (Å²) >= 11 is 4.86. The molecule has 41 heavy (non-hydrogen) atoms. The van der Waals surface area contributed by atoms with E-state index in [1.807, 2.05) is 81.4 Å². The topological polar surface area (TPSA) is 111 Å². The summed E-state index contributed by atoms with van der Waals surface area (Å²) in [5.41, 5.74) is 3.45. The molecular weight excluding hydrogens is 604 g/mol. The molecule has 4 rings (SSSR count). The number of aliphatic hydroxyl groups excluding tert-OH is 1. The molecule has 3 aromatic rings. The Labute approximate surface area is 253 Å². The van der Waals surface area contributed by atoms with Crippen molar-refractivity contribution >= 4 is 51.2 Å². The van der Waals surface area contributed by atoms with Gasteiger partial charge in [-0.15, -0.1) is 11.8 Å². The molecular formula is C31H35BrN4O4S. The molecule has 0 saturated carbocycles. The Morgan fingerprint density at radius 2 is 1.76 bits per heavy atom. The van der Waals surface area contributed by atoms with Crippen LogP contribution in [0.3, 0.4) is 0 Å². The Morgan fingerprint density at radius 1 is 1.05 bits per heavy atom. The normalized spacial score (nSPS) is 17.4. The molecule has 1 heterocycles. The first-order valence-corrected chi connectivity index (χ1v) is 15.1. The van der Waals surface area contributed by atoms with Crippen molar-refractivity contribution in [3.05, 3.63) is 100 Å². The van der Waals surface area contributed by atoms with Crippen molar-refractivity contribution in [1.82, 2.24) is 15.5 Å². The van der Waals surface area contributed by atoms with Crippen LogP contribution in [0.2, 0.25) is 0 Å². The van der Waals surface area contributed by atoms with Crippen LogP contribution < -0.4 is 16.0 Å². The molecule has 3 atom stereocenters. The van der Waals surface area contributed by atoms with Gasteiger partial charge in [-0.2, -0.15) is 0 Å². The fourth-order valence-electron chi connectivity index (χ4n) is 4.85. The molecule has 4 N–H and O–H groups in total. The number of anilines is 1. The smallest absolute Gasteiger partial charge is 0.319 e. The highest BCUT2D eigenvalue weighted by molar-refractivity contribution is 9.10. The first-order chi connectivity index (χ1) is 19.5. The van der Waals surface area contributed by atoms with E-state index in [2.05, 4.69) is 31.9 Å². The van der Waals surface area contributed by atoms with Gasteiger partial charge >= 0.3 is 6.03 Å². The Kier molecular flexibility index (Phi) is 10.1. The summed E-state index contributed by atoms with van der Waals surface area (Å²) in [6.07, 6.45) is -1.36. The van der Waals surface area contributed by atoms with Crippen LogP contribution in [0, 0.1) is 6.92 Å². The number of benzene rings is 3.